The molecule has 21 heavy (non-hydrogen) atoms. The number of carbonyl (C=O) groups excluding carboxylic acids is 3. The Kier molecular flexibility index (Phi) is 4.70. The van der Waals surface area contributed by atoms with E-state index in [1.54, 1.807) is 41.5 Å². The first-order valence-electron chi connectivity index (χ1n) is 7.06. The van der Waals surface area contributed by atoms with Gasteiger partial charge < -0.3 is 19.2 Å². The van der Waals surface area contributed by atoms with Gasteiger partial charge in [-0.3, -0.25) is 4.79 Å². The summed E-state index contributed by atoms with van der Waals surface area (Å²) in [5.41, 5.74) is -2.58. The van der Waals surface area contributed by atoms with Crippen LogP contribution in [-0.4, -0.2) is 47.5 Å². The molecule has 6 heteroatoms. The topological polar surface area (TPSA) is 72.9 Å². The quantitative estimate of drug-likeness (QED) is 0.444. The number of nitrogens with zero attached hydrogens (tertiary/aromatic N) is 1. The first kappa shape index (κ1) is 17.5. The number of carbonyl (C=O) groups is 3. The van der Waals surface area contributed by atoms with Crippen LogP contribution in [0.3, 0.4) is 0 Å². The van der Waals surface area contributed by atoms with E-state index in [1.165, 1.54) is 4.90 Å². The molecule has 1 aliphatic heterocycles. The number of hydrogen-bond acceptors (Lipinski definition) is 5. The van der Waals surface area contributed by atoms with E-state index in [9.17, 15) is 14.4 Å². The van der Waals surface area contributed by atoms with Crippen molar-refractivity contribution in [1.82, 2.24) is 4.90 Å². The lowest BCUT2D eigenvalue weighted by Gasteiger charge is -2.28. The van der Waals surface area contributed by atoms with Crippen molar-refractivity contribution in [2.75, 3.05) is 13.1 Å². The fraction of sp³-hybridized carbons (Fsp3) is 0.800. The highest BCUT2D eigenvalue weighted by atomic mass is 16.6. The number of ether oxygens (including phenoxy) is 2. The Morgan fingerprint density at radius 3 is 2.00 bits per heavy atom. The Labute approximate surface area is 125 Å². The zero-order chi connectivity index (χ0) is 16.5. The van der Waals surface area contributed by atoms with Gasteiger partial charge in [-0.15, -0.1) is 0 Å². The minimum absolute atomic E-state index is 0.000324. The molecule has 1 amide bonds. The first-order valence-corrected chi connectivity index (χ1v) is 7.06. The Hall–Kier alpha value is -1.59. The average molecular weight is 299 g/mol. The summed E-state index contributed by atoms with van der Waals surface area (Å²) in [6.45, 7) is 10.8. The van der Waals surface area contributed by atoms with Crippen molar-refractivity contribution in [3.63, 3.8) is 0 Å². The molecule has 1 saturated heterocycles. The number of rotatable bonds is 2. The summed E-state index contributed by atoms with van der Waals surface area (Å²) in [5.74, 6) is -0.587. The summed E-state index contributed by atoms with van der Waals surface area (Å²) in [6, 6.07) is 0. The van der Waals surface area contributed by atoms with E-state index >= 15 is 0 Å². The van der Waals surface area contributed by atoms with Gasteiger partial charge >= 0.3 is 12.1 Å². The van der Waals surface area contributed by atoms with Crippen molar-refractivity contribution in [2.24, 2.45) is 5.41 Å². The third-order valence-corrected chi connectivity index (χ3v) is 2.98. The molecule has 0 spiro atoms. The molecule has 0 bridgehead atoms. The Balaban J connectivity index is 2.79. The van der Waals surface area contributed by atoms with Crippen LogP contribution in [0.25, 0.3) is 0 Å². The number of aldehydes is 1. The van der Waals surface area contributed by atoms with Gasteiger partial charge in [0.15, 0.2) is 0 Å². The zero-order valence-electron chi connectivity index (χ0n) is 13.7. The average Bonchev–Trinajstić information content (AvgIpc) is 2.69. The van der Waals surface area contributed by atoms with Crippen molar-refractivity contribution in [3.8, 4) is 0 Å². The van der Waals surface area contributed by atoms with Gasteiger partial charge in [-0.2, -0.15) is 0 Å². The molecule has 1 fully saturated rings. The summed E-state index contributed by atoms with van der Waals surface area (Å²) in [7, 11) is 0. The molecule has 1 aliphatic rings. The predicted molar refractivity (Wildman–Crippen MR) is 76.8 cm³/mol. The fourth-order valence-electron chi connectivity index (χ4n) is 2.01. The molecular formula is C15H25NO5. The SMILES string of the molecule is CC(C)(C)OC(=O)N1CCC(C=O)(C(=O)OC(C)(C)C)C1. The maximum atomic E-state index is 12.2. The van der Waals surface area contributed by atoms with Crippen LogP contribution in [-0.2, 0) is 19.1 Å². The molecule has 0 aromatic carbocycles. The third-order valence-electron chi connectivity index (χ3n) is 2.98. The Bertz CT molecular complexity index is 432. The molecule has 1 heterocycles. The monoisotopic (exact) mass is 299 g/mol. The summed E-state index contributed by atoms with van der Waals surface area (Å²) >= 11 is 0. The maximum Gasteiger partial charge on any atom is 0.410 e. The van der Waals surface area contributed by atoms with Crippen LogP contribution in [0, 0.1) is 5.41 Å². The molecule has 1 unspecified atom stereocenters. The Morgan fingerprint density at radius 1 is 1.05 bits per heavy atom. The van der Waals surface area contributed by atoms with Gasteiger partial charge in [0.2, 0.25) is 0 Å². The highest BCUT2D eigenvalue weighted by Gasteiger charge is 2.49. The molecule has 1 atom stereocenters. The molecule has 0 N–H and O–H groups in total. The van der Waals surface area contributed by atoms with Crippen LogP contribution < -0.4 is 0 Å². The van der Waals surface area contributed by atoms with Crippen molar-refractivity contribution in [1.29, 1.82) is 0 Å². The van der Waals surface area contributed by atoms with Crippen molar-refractivity contribution in [2.45, 2.75) is 59.2 Å². The third kappa shape index (κ3) is 4.72. The van der Waals surface area contributed by atoms with Gasteiger partial charge in [0.1, 0.15) is 22.9 Å². The van der Waals surface area contributed by atoms with E-state index in [0.717, 1.165) is 0 Å². The normalized spacial score (nSPS) is 22.9. The fourth-order valence-corrected chi connectivity index (χ4v) is 2.01. The molecule has 1 rings (SSSR count). The van der Waals surface area contributed by atoms with E-state index in [0.29, 0.717) is 12.8 Å². The van der Waals surface area contributed by atoms with Crippen LogP contribution in [0.4, 0.5) is 4.79 Å². The number of hydrogen-bond donors (Lipinski definition) is 0. The Morgan fingerprint density at radius 2 is 1.57 bits per heavy atom. The van der Waals surface area contributed by atoms with Crippen LogP contribution in [0.15, 0.2) is 0 Å². The maximum absolute atomic E-state index is 12.2. The minimum Gasteiger partial charge on any atom is -0.459 e. The van der Waals surface area contributed by atoms with Gasteiger partial charge in [0.05, 0.1) is 0 Å². The second kappa shape index (κ2) is 5.66. The minimum atomic E-state index is -1.29. The predicted octanol–water partition coefficient (Wildman–Crippen LogP) is 2.15. The summed E-state index contributed by atoms with van der Waals surface area (Å²) in [5, 5.41) is 0. The van der Waals surface area contributed by atoms with Gasteiger partial charge in [-0.05, 0) is 48.0 Å². The van der Waals surface area contributed by atoms with Crippen LogP contribution in [0.2, 0.25) is 0 Å². The standard InChI is InChI=1S/C15H25NO5/c1-13(2,3)20-11(18)15(10-17)7-8-16(9-15)12(19)21-14(4,5)6/h10H,7-9H2,1-6H3. The van der Waals surface area contributed by atoms with Crippen LogP contribution >= 0.6 is 0 Å². The summed E-state index contributed by atoms with van der Waals surface area (Å²) in [6.07, 6.45) is 0.325. The summed E-state index contributed by atoms with van der Waals surface area (Å²) < 4.78 is 10.6. The lowest BCUT2D eigenvalue weighted by molar-refractivity contribution is -0.167. The lowest BCUT2D eigenvalue weighted by atomic mass is 9.89. The molecule has 6 nitrogen and oxygen atoms in total. The molecule has 120 valence electrons. The van der Waals surface area contributed by atoms with E-state index in [2.05, 4.69) is 0 Å². The van der Waals surface area contributed by atoms with Crippen LogP contribution in [0.5, 0.6) is 0 Å². The first-order chi connectivity index (χ1) is 9.38. The van der Waals surface area contributed by atoms with Gasteiger partial charge in [0, 0.05) is 13.1 Å². The van der Waals surface area contributed by atoms with Crippen LogP contribution in [0.1, 0.15) is 48.0 Å². The lowest BCUT2D eigenvalue weighted by Crippen LogP contribution is -2.43. The second-order valence-electron chi connectivity index (χ2n) is 7.43. The van der Waals surface area contributed by atoms with E-state index in [-0.39, 0.29) is 13.0 Å². The van der Waals surface area contributed by atoms with E-state index in [1.807, 2.05) is 0 Å². The van der Waals surface area contributed by atoms with Crippen molar-refractivity contribution in [3.05, 3.63) is 0 Å². The smallest absolute Gasteiger partial charge is 0.410 e. The van der Waals surface area contributed by atoms with Crippen molar-refractivity contribution >= 4 is 18.3 Å². The van der Waals surface area contributed by atoms with Crippen molar-refractivity contribution < 1.29 is 23.9 Å². The van der Waals surface area contributed by atoms with E-state index in [4.69, 9.17) is 9.47 Å². The molecular weight excluding hydrogens is 274 g/mol. The summed E-state index contributed by atoms with van der Waals surface area (Å²) in [4.78, 5) is 37.1. The highest BCUT2D eigenvalue weighted by Crippen LogP contribution is 2.32. The van der Waals surface area contributed by atoms with Gasteiger partial charge in [-0.1, -0.05) is 0 Å². The molecule has 0 radical (unpaired) electrons. The second-order valence-corrected chi connectivity index (χ2v) is 7.43. The zero-order valence-corrected chi connectivity index (χ0v) is 13.7. The largest absolute Gasteiger partial charge is 0.459 e. The van der Waals surface area contributed by atoms with Gasteiger partial charge in [0.25, 0.3) is 0 Å². The molecule has 0 aliphatic carbocycles. The number of likely N-dealkylation sites (tertiary alicyclic amines) is 1. The van der Waals surface area contributed by atoms with Gasteiger partial charge in [-0.25, -0.2) is 4.79 Å². The molecule has 0 aromatic rings. The molecule has 0 aromatic heterocycles. The molecule has 0 saturated carbocycles. The number of amides is 1. The highest BCUT2D eigenvalue weighted by molar-refractivity contribution is 5.95. The number of esters is 1. The van der Waals surface area contributed by atoms with E-state index < -0.39 is 28.7 Å².